The highest BCUT2D eigenvalue weighted by molar-refractivity contribution is 5.96. The minimum atomic E-state index is -0.839. The summed E-state index contributed by atoms with van der Waals surface area (Å²) in [5, 5.41) is 12.5. The normalized spacial score (nSPS) is 37.5. The zero-order valence-corrected chi connectivity index (χ0v) is 12.4. The summed E-state index contributed by atoms with van der Waals surface area (Å²) in [6, 6.07) is 7.61. The second-order valence-corrected chi connectivity index (χ2v) is 6.85. The molecule has 1 aromatic carbocycles. The van der Waals surface area contributed by atoms with Gasteiger partial charge in [0, 0.05) is 5.69 Å². The van der Waals surface area contributed by atoms with Crippen molar-refractivity contribution in [2.45, 2.75) is 13.3 Å². The van der Waals surface area contributed by atoms with Crippen LogP contribution < -0.4 is 5.32 Å². The summed E-state index contributed by atoms with van der Waals surface area (Å²) >= 11 is 0. The van der Waals surface area contributed by atoms with Gasteiger partial charge in [-0.05, 0) is 54.7 Å². The lowest BCUT2D eigenvalue weighted by atomic mass is 9.62. The molecule has 5 rings (SSSR count). The zero-order valence-electron chi connectivity index (χ0n) is 12.4. The summed E-state index contributed by atoms with van der Waals surface area (Å²) in [5.74, 6) is -0.906. The molecule has 1 aromatic rings. The number of nitrogens with one attached hydrogen (secondary N) is 1. The number of anilines is 1. The molecule has 4 nitrogen and oxygen atoms in total. The average Bonchev–Trinajstić information content (AvgIpc) is 3.28. The van der Waals surface area contributed by atoms with Crippen molar-refractivity contribution >= 4 is 17.6 Å². The van der Waals surface area contributed by atoms with Gasteiger partial charge in [-0.1, -0.05) is 24.3 Å². The number of hydrogen-bond donors (Lipinski definition) is 2. The van der Waals surface area contributed by atoms with E-state index in [1.807, 2.05) is 37.3 Å². The van der Waals surface area contributed by atoms with Crippen molar-refractivity contribution in [3.63, 3.8) is 0 Å². The Balaban J connectivity index is 1.61. The summed E-state index contributed by atoms with van der Waals surface area (Å²) in [6.45, 7) is 1.97. The molecule has 0 heterocycles. The van der Waals surface area contributed by atoms with Gasteiger partial charge in [-0.15, -0.1) is 0 Å². The largest absolute Gasteiger partial charge is 0.481 e. The van der Waals surface area contributed by atoms with Crippen molar-refractivity contribution in [3.8, 4) is 0 Å². The highest BCUT2D eigenvalue weighted by Crippen LogP contribution is 2.63. The van der Waals surface area contributed by atoms with Crippen LogP contribution in [0.25, 0.3) is 0 Å². The maximum absolute atomic E-state index is 12.7. The quantitative estimate of drug-likeness (QED) is 0.843. The van der Waals surface area contributed by atoms with Gasteiger partial charge < -0.3 is 10.4 Å². The minimum Gasteiger partial charge on any atom is -0.481 e. The van der Waals surface area contributed by atoms with E-state index in [0.29, 0.717) is 11.8 Å². The van der Waals surface area contributed by atoms with E-state index in [-0.39, 0.29) is 17.7 Å². The van der Waals surface area contributed by atoms with Gasteiger partial charge in [-0.2, -0.15) is 0 Å². The highest BCUT2D eigenvalue weighted by Gasteiger charge is 2.62. The fraction of sp³-hybridized carbons (Fsp3) is 0.444. The third-order valence-corrected chi connectivity index (χ3v) is 5.53. The number of rotatable bonds is 3. The van der Waals surface area contributed by atoms with E-state index >= 15 is 0 Å². The smallest absolute Gasteiger partial charge is 0.307 e. The molecule has 2 N–H and O–H groups in total. The monoisotopic (exact) mass is 297 g/mol. The van der Waals surface area contributed by atoms with Crippen molar-refractivity contribution < 1.29 is 14.7 Å². The van der Waals surface area contributed by atoms with Gasteiger partial charge in [0.05, 0.1) is 11.8 Å². The lowest BCUT2D eigenvalue weighted by Gasteiger charge is -2.41. The first-order chi connectivity index (χ1) is 10.6. The number of carbonyl (C=O) groups excluding carboxylic acids is 1. The topological polar surface area (TPSA) is 66.4 Å². The van der Waals surface area contributed by atoms with Crippen LogP contribution in [0.2, 0.25) is 0 Å². The molecule has 22 heavy (non-hydrogen) atoms. The molecule has 0 radical (unpaired) electrons. The van der Waals surface area contributed by atoms with E-state index in [9.17, 15) is 14.7 Å². The molecule has 2 fully saturated rings. The van der Waals surface area contributed by atoms with Crippen LogP contribution in [0.4, 0.5) is 5.69 Å². The Morgan fingerprint density at radius 1 is 1.14 bits per heavy atom. The molecule has 6 atom stereocenters. The van der Waals surface area contributed by atoms with Crippen LogP contribution >= 0.6 is 0 Å². The standard InChI is InChI=1S/C18H19NO3/c1-9-3-2-4-10(7-9)19-17(20)15-11-5-6-12(14-8-13(11)14)16(15)18(21)22/h2-7,11-16H,8H2,1H3,(H,19,20)(H,21,22)/t11-,12-,13+,14-,15+,16-/m0/s1. The first-order valence-electron chi connectivity index (χ1n) is 7.85. The third-order valence-electron chi connectivity index (χ3n) is 5.53. The first-order valence-corrected chi connectivity index (χ1v) is 7.85. The predicted octanol–water partition coefficient (Wildman–Crippen LogP) is 2.70. The summed E-state index contributed by atoms with van der Waals surface area (Å²) in [7, 11) is 0. The van der Waals surface area contributed by atoms with E-state index in [4.69, 9.17) is 0 Å². The lowest BCUT2D eigenvalue weighted by molar-refractivity contribution is -0.152. The van der Waals surface area contributed by atoms with Gasteiger partial charge >= 0.3 is 5.97 Å². The molecule has 1 amide bonds. The second-order valence-electron chi connectivity index (χ2n) is 6.85. The number of carbonyl (C=O) groups is 2. The lowest BCUT2D eigenvalue weighted by Crippen LogP contribution is -2.48. The molecule has 2 saturated carbocycles. The van der Waals surface area contributed by atoms with Gasteiger partial charge in [-0.25, -0.2) is 0 Å². The van der Waals surface area contributed by atoms with Gasteiger partial charge in [0.2, 0.25) is 5.91 Å². The molecule has 4 aliphatic rings. The predicted molar refractivity (Wildman–Crippen MR) is 82.1 cm³/mol. The number of amides is 1. The molecule has 4 heteroatoms. The van der Waals surface area contributed by atoms with Crippen molar-refractivity contribution in [1.82, 2.24) is 0 Å². The number of aryl methyl sites for hydroxylation is 1. The number of carboxylic acid groups (broad SMARTS) is 1. The third kappa shape index (κ3) is 1.97. The summed E-state index contributed by atoms with van der Waals surface area (Å²) < 4.78 is 0. The molecule has 2 bridgehead atoms. The van der Waals surface area contributed by atoms with Gasteiger partial charge in [0.15, 0.2) is 0 Å². The number of carboxylic acids is 1. The first kappa shape index (κ1) is 13.6. The average molecular weight is 297 g/mol. The van der Waals surface area contributed by atoms with Gasteiger partial charge in [0.1, 0.15) is 0 Å². The molecular formula is C18H19NO3. The highest BCUT2D eigenvalue weighted by atomic mass is 16.4. The molecule has 0 unspecified atom stereocenters. The van der Waals surface area contributed by atoms with Crippen molar-refractivity contribution in [2.24, 2.45) is 35.5 Å². The molecule has 0 aliphatic heterocycles. The van der Waals surface area contributed by atoms with E-state index in [2.05, 4.69) is 11.4 Å². The van der Waals surface area contributed by atoms with E-state index in [1.54, 1.807) is 0 Å². The van der Waals surface area contributed by atoms with Crippen LogP contribution in [0.3, 0.4) is 0 Å². The summed E-state index contributed by atoms with van der Waals surface area (Å²) in [6.07, 6.45) is 5.19. The molecule has 114 valence electrons. The number of benzene rings is 1. The minimum absolute atomic E-state index is 0.0285. The van der Waals surface area contributed by atoms with Crippen molar-refractivity contribution in [2.75, 3.05) is 5.32 Å². The molecule has 0 saturated heterocycles. The Bertz CT molecular complexity index is 681. The number of fused-ring (bicyclic) bond motifs is 1. The maximum Gasteiger partial charge on any atom is 0.307 e. The Morgan fingerprint density at radius 3 is 2.45 bits per heavy atom. The van der Waals surface area contributed by atoms with Gasteiger partial charge in [-0.3, -0.25) is 9.59 Å². The Morgan fingerprint density at radius 2 is 1.82 bits per heavy atom. The van der Waals surface area contributed by atoms with Crippen LogP contribution in [0.5, 0.6) is 0 Å². The number of allylic oxidation sites excluding steroid dienone is 2. The van der Waals surface area contributed by atoms with Crippen molar-refractivity contribution in [1.29, 1.82) is 0 Å². The van der Waals surface area contributed by atoms with Crippen LogP contribution in [0.1, 0.15) is 12.0 Å². The Kier molecular flexibility index (Phi) is 2.90. The summed E-state index contributed by atoms with van der Waals surface area (Å²) in [4.78, 5) is 24.5. The van der Waals surface area contributed by atoms with E-state index < -0.39 is 17.8 Å². The fourth-order valence-electron chi connectivity index (χ4n) is 4.52. The summed E-state index contributed by atoms with van der Waals surface area (Å²) in [5.41, 5.74) is 1.81. The molecule has 0 spiro atoms. The number of aliphatic carboxylic acids is 1. The Hall–Kier alpha value is -2.10. The van der Waals surface area contributed by atoms with Crippen LogP contribution in [0, 0.1) is 42.4 Å². The van der Waals surface area contributed by atoms with Crippen LogP contribution in [0.15, 0.2) is 36.4 Å². The Labute approximate surface area is 129 Å². The fourth-order valence-corrected chi connectivity index (χ4v) is 4.52. The zero-order chi connectivity index (χ0) is 15.4. The van der Waals surface area contributed by atoms with Gasteiger partial charge in [0.25, 0.3) is 0 Å². The van der Waals surface area contributed by atoms with E-state index in [1.165, 1.54) is 0 Å². The molecule has 0 aromatic heterocycles. The number of hydrogen-bond acceptors (Lipinski definition) is 2. The maximum atomic E-state index is 12.7. The SMILES string of the molecule is Cc1cccc(NC(=O)[C@@H]2[C@H]3C=C[C@@H]([C@@H]4C[C@H]34)[C@@H]2C(=O)O)c1. The molecule has 4 aliphatic carbocycles. The van der Waals surface area contributed by atoms with E-state index in [0.717, 1.165) is 17.7 Å². The second kappa shape index (κ2) is 4.70. The van der Waals surface area contributed by atoms with Crippen LogP contribution in [-0.4, -0.2) is 17.0 Å². The van der Waals surface area contributed by atoms with Crippen molar-refractivity contribution in [3.05, 3.63) is 42.0 Å². The van der Waals surface area contributed by atoms with Crippen LogP contribution in [-0.2, 0) is 9.59 Å². The molecular weight excluding hydrogens is 278 g/mol.